The molecule has 3 unspecified atom stereocenters. The van der Waals surface area contributed by atoms with Crippen LogP contribution < -0.4 is 5.32 Å². The van der Waals surface area contributed by atoms with E-state index in [-0.39, 0.29) is 29.6 Å². The molecule has 4 rings (SSSR count). The number of amides is 1. The monoisotopic (exact) mass is 334 g/mol. The van der Waals surface area contributed by atoms with E-state index >= 15 is 0 Å². The predicted octanol–water partition coefficient (Wildman–Crippen LogP) is 2.99. The maximum absolute atomic E-state index is 12.8. The topological polar surface area (TPSA) is 73.6 Å². The van der Waals surface area contributed by atoms with Crippen LogP contribution in [0.3, 0.4) is 0 Å². The lowest BCUT2D eigenvalue weighted by atomic mass is 9.60. The maximum atomic E-state index is 12.8. The summed E-state index contributed by atoms with van der Waals surface area (Å²) in [6.45, 7) is 3.49. The lowest BCUT2D eigenvalue weighted by molar-refractivity contribution is -0.127. The van der Waals surface area contributed by atoms with E-state index in [1.54, 1.807) is 0 Å². The van der Waals surface area contributed by atoms with Crippen molar-refractivity contribution in [2.75, 3.05) is 13.2 Å². The van der Waals surface area contributed by atoms with Gasteiger partial charge in [0.15, 0.2) is 17.8 Å². The smallest absolute Gasteiger partial charge is 0.273 e. The summed E-state index contributed by atoms with van der Waals surface area (Å²) in [6.07, 6.45) is 9.00. The largest absolute Gasteiger partial charge is 0.445 e. The van der Waals surface area contributed by atoms with E-state index in [0.717, 1.165) is 38.7 Å². The van der Waals surface area contributed by atoms with Crippen LogP contribution >= 0.6 is 0 Å². The number of aromatic nitrogens is 1. The first-order valence-electron chi connectivity index (χ1n) is 9.22. The van der Waals surface area contributed by atoms with E-state index < -0.39 is 0 Å². The second-order valence-electron chi connectivity index (χ2n) is 7.21. The molecule has 1 aromatic rings. The zero-order valence-corrected chi connectivity index (χ0v) is 14.3. The Bertz CT molecular complexity index is 588. The minimum atomic E-state index is -0.138. The molecule has 2 heterocycles. The number of hydrogen-bond acceptors (Lipinski definition) is 5. The minimum absolute atomic E-state index is 0.124. The Hall–Kier alpha value is -1.40. The highest BCUT2D eigenvalue weighted by molar-refractivity contribution is 5.93. The first-order chi connectivity index (χ1) is 11.7. The maximum Gasteiger partial charge on any atom is 0.273 e. The molecule has 24 heavy (non-hydrogen) atoms. The van der Waals surface area contributed by atoms with Crippen LogP contribution in [0, 0.1) is 5.41 Å². The number of carbonyl (C=O) groups excluding carboxylic acids is 1. The summed E-state index contributed by atoms with van der Waals surface area (Å²) >= 11 is 0. The van der Waals surface area contributed by atoms with Gasteiger partial charge in [0.05, 0.1) is 6.10 Å². The van der Waals surface area contributed by atoms with Gasteiger partial charge in [-0.15, -0.1) is 0 Å². The number of oxazole rings is 1. The normalized spacial score (nSPS) is 31.3. The first-order valence-corrected chi connectivity index (χ1v) is 9.22. The van der Waals surface area contributed by atoms with Gasteiger partial charge in [-0.3, -0.25) is 4.79 Å². The van der Waals surface area contributed by atoms with E-state index in [4.69, 9.17) is 13.9 Å². The Balaban J connectivity index is 1.46. The SMILES string of the molecule is CCOC1CC(NC(=O)c2ncoc2C2CCCO2)C12CCCC2. The summed E-state index contributed by atoms with van der Waals surface area (Å²) in [4.78, 5) is 16.9. The summed E-state index contributed by atoms with van der Waals surface area (Å²) in [5.41, 5.74) is 0.509. The Morgan fingerprint density at radius 3 is 2.96 bits per heavy atom. The van der Waals surface area contributed by atoms with Crippen molar-refractivity contribution in [3.63, 3.8) is 0 Å². The van der Waals surface area contributed by atoms with Crippen molar-refractivity contribution in [1.29, 1.82) is 0 Å². The zero-order valence-electron chi connectivity index (χ0n) is 14.3. The molecular weight excluding hydrogens is 308 g/mol. The molecule has 1 saturated heterocycles. The Labute approximate surface area is 142 Å². The summed E-state index contributed by atoms with van der Waals surface area (Å²) in [5.74, 6) is 0.437. The van der Waals surface area contributed by atoms with Crippen molar-refractivity contribution in [3.05, 3.63) is 17.8 Å². The third kappa shape index (κ3) is 2.56. The number of nitrogens with zero attached hydrogens (tertiary/aromatic N) is 1. The van der Waals surface area contributed by atoms with Crippen molar-refractivity contribution in [2.45, 2.75) is 70.1 Å². The fourth-order valence-corrected chi connectivity index (χ4v) is 4.75. The van der Waals surface area contributed by atoms with E-state index in [2.05, 4.69) is 10.3 Å². The Morgan fingerprint density at radius 2 is 2.25 bits per heavy atom. The van der Waals surface area contributed by atoms with Gasteiger partial charge >= 0.3 is 0 Å². The van der Waals surface area contributed by atoms with E-state index in [1.165, 1.54) is 19.2 Å². The van der Waals surface area contributed by atoms with Crippen LogP contribution in [-0.4, -0.2) is 36.3 Å². The highest BCUT2D eigenvalue weighted by Crippen LogP contribution is 2.54. The second kappa shape index (κ2) is 6.48. The molecule has 1 N–H and O–H groups in total. The molecule has 3 fully saturated rings. The van der Waals surface area contributed by atoms with Crippen LogP contribution in [0.15, 0.2) is 10.8 Å². The average Bonchev–Trinajstić information content (AvgIpc) is 3.34. The zero-order chi connectivity index (χ0) is 16.6. The summed E-state index contributed by atoms with van der Waals surface area (Å²) in [5, 5.41) is 3.21. The van der Waals surface area contributed by atoms with Crippen molar-refractivity contribution in [3.8, 4) is 0 Å². The molecule has 1 amide bonds. The molecule has 0 aromatic carbocycles. The van der Waals surface area contributed by atoms with Crippen LogP contribution in [0.2, 0.25) is 0 Å². The Morgan fingerprint density at radius 1 is 1.42 bits per heavy atom. The standard InChI is InChI=1S/C18H26N2O4/c1-2-22-14-10-13(18(14)7-3-4-8-18)20-17(21)15-16(24-11-19-15)12-6-5-9-23-12/h11-14H,2-10H2,1H3,(H,20,21). The van der Waals surface area contributed by atoms with Crippen LogP contribution in [0.25, 0.3) is 0 Å². The molecule has 1 aromatic heterocycles. The molecule has 0 radical (unpaired) electrons. The molecule has 132 valence electrons. The van der Waals surface area contributed by atoms with Crippen LogP contribution in [0.1, 0.15) is 74.2 Å². The van der Waals surface area contributed by atoms with Gasteiger partial charge in [0.1, 0.15) is 6.10 Å². The van der Waals surface area contributed by atoms with Gasteiger partial charge in [0.25, 0.3) is 5.91 Å². The number of hydrogen-bond donors (Lipinski definition) is 1. The van der Waals surface area contributed by atoms with Gasteiger partial charge in [-0.05, 0) is 39.0 Å². The lowest BCUT2D eigenvalue weighted by Crippen LogP contribution is -2.63. The average molecular weight is 334 g/mol. The molecule has 6 heteroatoms. The van der Waals surface area contributed by atoms with Gasteiger partial charge in [-0.25, -0.2) is 4.98 Å². The van der Waals surface area contributed by atoms with Crippen LogP contribution in [0.4, 0.5) is 0 Å². The summed E-state index contributed by atoms with van der Waals surface area (Å²) in [6, 6.07) is 0.179. The number of ether oxygens (including phenoxy) is 2. The van der Waals surface area contributed by atoms with Gasteiger partial charge < -0.3 is 19.2 Å². The third-order valence-corrected chi connectivity index (χ3v) is 6.02. The molecule has 1 spiro atoms. The van der Waals surface area contributed by atoms with Crippen molar-refractivity contribution in [2.24, 2.45) is 5.41 Å². The number of rotatable bonds is 5. The molecule has 1 aliphatic heterocycles. The van der Waals surface area contributed by atoms with Crippen molar-refractivity contribution in [1.82, 2.24) is 10.3 Å². The lowest BCUT2D eigenvalue weighted by Gasteiger charge is -2.54. The molecule has 3 aliphatic rings. The third-order valence-electron chi connectivity index (χ3n) is 6.02. The highest BCUT2D eigenvalue weighted by Gasteiger charge is 2.57. The number of carbonyl (C=O) groups is 1. The van der Waals surface area contributed by atoms with E-state index in [9.17, 15) is 4.79 Å². The van der Waals surface area contributed by atoms with Crippen LogP contribution in [0.5, 0.6) is 0 Å². The molecule has 0 bridgehead atoms. The van der Waals surface area contributed by atoms with Crippen LogP contribution in [-0.2, 0) is 9.47 Å². The van der Waals surface area contributed by atoms with Gasteiger partial charge in [-0.1, -0.05) is 12.8 Å². The van der Waals surface area contributed by atoms with Gasteiger partial charge in [-0.2, -0.15) is 0 Å². The van der Waals surface area contributed by atoms with E-state index in [1.807, 2.05) is 6.92 Å². The fraction of sp³-hybridized carbons (Fsp3) is 0.778. The molecule has 2 saturated carbocycles. The first kappa shape index (κ1) is 16.1. The second-order valence-corrected chi connectivity index (χ2v) is 7.21. The quantitative estimate of drug-likeness (QED) is 0.896. The minimum Gasteiger partial charge on any atom is -0.445 e. The fourth-order valence-electron chi connectivity index (χ4n) is 4.75. The molecule has 6 nitrogen and oxygen atoms in total. The number of nitrogens with one attached hydrogen (secondary N) is 1. The molecule has 2 aliphatic carbocycles. The van der Waals surface area contributed by atoms with Gasteiger partial charge in [0.2, 0.25) is 0 Å². The molecular formula is C18H26N2O4. The Kier molecular flexibility index (Phi) is 4.35. The summed E-state index contributed by atoms with van der Waals surface area (Å²) in [7, 11) is 0. The molecule has 3 atom stereocenters. The van der Waals surface area contributed by atoms with E-state index in [0.29, 0.717) is 18.1 Å². The van der Waals surface area contributed by atoms with Gasteiger partial charge in [0, 0.05) is 24.7 Å². The van der Waals surface area contributed by atoms with Crippen molar-refractivity contribution >= 4 is 5.91 Å². The summed E-state index contributed by atoms with van der Waals surface area (Å²) < 4.78 is 17.0. The highest BCUT2D eigenvalue weighted by atomic mass is 16.5. The predicted molar refractivity (Wildman–Crippen MR) is 86.6 cm³/mol. The van der Waals surface area contributed by atoms with Crippen molar-refractivity contribution < 1.29 is 18.7 Å².